The first kappa shape index (κ1) is 14.0. The van der Waals surface area contributed by atoms with E-state index < -0.39 is 11.8 Å². The maximum Gasteiger partial charge on any atom is 0.309 e. The van der Waals surface area contributed by atoms with Crippen LogP contribution >= 0.6 is 0 Å². The normalized spacial score (nSPS) is 24.1. The first-order chi connectivity index (χ1) is 8.13. The molecule has 1 rings (SSSR count). The molecule has 17 heavy (non-hydrogen) atoms. The van der Waals surface area contributed by atoms with Crippen LogP contribution in [0, 0.1) is 5.92 Å². The van der Waals surface area contributed by atoms with Gasteiger partial charge in [0.15, 0.2) is 0 Å². The Morgan fingerprint density at radius 1 is 1.12 bits per heavy atom. The highest BCUT2D eigenvalue weighted by atomic mass is 16.2. The summed E-state index contributed by atoms with van der Waals surface area (Å²) in [5.41, 5.74) is 0. The van der Waals surface area contributed by atoms with Crippen molar-refractivity contribution in [3.05, 3.63) is 0 Å². The second kappa shape index (κ2) is 7.30. The van der Waals surface area contributed by atoms with Gasteiger partial charge in [-0.1, -0.05) is 20.3 Å². The van der Waals surface area contributed by atoms with E-state index in [1.165, 1.54) is 0 Å². The Morgan fingerprint density at radius 3 is 2.35 bits per heavy atom. The molecule has 98 valence electrons. The second-order valence-corrected chi connectivity index (χ2v) is 5.04. The summed E-state index contributed by atoms with van der Waals surface area (Å²) in [5, 5.41) is 5.45. The van der Waals surface area contributed by atoms with Crippen molar-refractivity contribution in [3.8, 4) is 0 Å². The molecular weight excluding hydrogens is 216 g/mol. The highest BCUT2D eigenvalue weighted by molar-refractivity contribution is 6.35. The Bertz CT molecular complexity index is 258. The van der Waals surface area contributed by atoms with Crippen LogP contribution in [0.2, 0.25) is 0 Å². The summed E-state index contributed by atoms with van der Waals surface area (Å²) in [7, 11) is 0. The fourth-order valence-electron chi connectivity index (χ4n) is 2.11. The summed E-state index contributed by atoms with van der Waals surface area (Å²) in [5.74, 6) is -0.209. The summed E-state index contributed by atoms with van der Waals surface area (Å²) in [4.78, 5) is 23.0. The van der Waals surface area contributed by atoms with Crippen molar-refractivity contribution in [2.24, 2.45) is 5.92 Å². The van der Waals surface area contributed by atoms with Crippen LogP contribution in [-0.2, 0) is 9.59 Å². The van der Waals surface area contributed by atoms with Crippen molar-refractivity contribution in [2.45, 2.75) is 58.4 Å². The van der Waals surface area contributed by atoms with Crippen LogP contribution in [0.4, 0.5) is 0 Å². The number of unbranched alkanes of at least 4 members (excludes halogenated alkanes) is 1. The first-order valence-corrected chi connectivity index (χ1v) is 6.72. The molecule has 0 radical (unpaired) electrons. The maximum absolute atomic E-state index is 11.6. The predicted molar refractivity (Wildman–Crippen MR) is 67.5 cm³/mol. The van der Waals surface area contributed by atoms with E-state index >= 15 is 0 Å². The highest BCUT2D eigenvalue weighted by Gasteiger charge is 2.22. The number of amides is 2. The third-order valence-corrected chi connectivity index (χ3v) is 3.37. The van der Waals surface area contributed by atoms with Gasteiger partial charge in [-0.2, -0.15) is 0 Å². The standard InChI is InChI=1S/C13H24N2O2/c1-3-4-9-14-12(16)13(17)15-11-7-5-10(2)6-8-11/h10-11H,3-9H2,1-2H3,(H,14,16)(H,15,17). The van der Waals surface area contributed by atoms with Crippen LogP contribution < -0.4 is 10.6 Å². The predicted octanol–water partition coefficient (Wildman–Crippen LogP) is 1.60. The summed E-state index contributed by atoms with van der Waals surface area (Å²) in [6, 6.07) is 0.190. The summed E-state index contributed by atoms with van der Waals surface area (Å²) in [6.07, 6.45) is 6.21. The van der Waals surface area contributed by atoms with Gasteiger partial charge in [0.2, 0.25) is 0 Å². The fraction of sp³-hybridized carbons (Fsp3) is 0.846. The van der Waals surface area contributed by atoms with E-state index in [9.17, 15) is 9.59 Å². The van der Waals surface area contributed by atoms with Gasteiger partial charge in [-0.3, -0.25) is 9.59 Å². The topological polar surface area (TPSA) is 58.2 Å². The Morgan fingerprint density at radius 2 is 1.76 bits per heavy atom. The molecule has 0 aromatic heterocycles. The zero-order valence-electron chi connectivity index (χ0n) is 10.9. The largest absolute Gasteiger partial charge is 0.348 e. The number of carbonyl (C=O) groups is 2. The lowest BCUT2D eigenvalue weighted by molar-refractivity contribution is -0.139. The van der Waals surface area contributed by atoms with Crippen molar-refractivity contribution in [1.29, 1.82) is 0 Å². The molecule has 4 nitrogen and oxygen atoms in total. The molecular formula is C13H24N2O2. The molecule has 0 spiro atoms. The molecule has 0 aromatic carbocycles. The average molecular weight is 240 g/mol. The summed E-state index contributed by atoms with van der Waals surface area (Å²) < 4.78 is 0. The molecule has 0 bridgehead atoms. The summed E-state index contributed by atoms with van der Waals surface area (Å²) >= 11 is 0. The SMILES string of the molecule is CCCCNC(=O)C(=O)NC1CCC(C)CC1. The number of rotatable bonds is 4. The zero-order chi connectivity index (χ0) is 12.7. The van der Waals surface area contributed by atoms with Gasteiger partial charge in [0.25, 0.3) is 0 Å². The quantitative estimate of drug-likeness (QED) is 0.579. The van der Waals surface area contributed by atoms with Gasteiger partial charge >= 0.3 is 11.8 Å². The van der Waals surface area contributed by atoms with Crippen molar-refractivity contribution >= 4 is 11.8 Å². The average Bonchev–Trinajstić information content (AvgIpc) is 2.32. The van der Waals surface area contributed by atoms with Gasteiger partial charge in [-0.25, -0.2) is 0 Å². The second-order valence-electron chi connectivity index (χ2n) is 5.04. The van der Waals surface area contributed by atoms with Crippen LogP contribution in [0.25, 0.3) is 0 Å². The number of carbonyl (C=O) groups excluding carboxylic acids is 2. The van der Waals surface area contributed by atoms with Crippen molar-refractivity contribution < 1.29 is 9.59 Å². The van der Waals surface area contributed by atoms with E-state index in [1.54, 1.807) is 0 Å². The van der Waals surface area contributed by atoms with Crippen molar-refractivity contribution in [2.75, 3.05) is 6.54 Å². The van der Waals surface area contributed by atoms with Crippen LogP contribution in [0.15, 0.2) is 0 Å². The minimum atomic E-state index is -0.489. The highest BCUT2D eigenvalue weighted by Crippen LogP contribution is 2.23. The lowest BCUT2D eigenvalue weighted by Crippen LogP contribution is -2.45. The van der Waals surface area contributed by atoms with Gasteiger partial charge < -0.3 is 10.6 Å². The molecule has 1 aliphatic carbocycles. The van der Waals surface area contributed by atoms with E-state index in [0.29, 0.717) is 6.54 Å². The van der Waals surface area contributed by atoms with Crippen LogP contribution in [0.3, 0.4) is 0 Å². The van der Waals surface area contributed by atoms with Crippen molar-refractivity contribution in [3.63, 3.8) is 0 Å². The van der Waals surface area contributed by atoms with E-state index in [2.05, 4.69) is 24.5 Å². The molecule has 1 saturated carbocycles. The molecule has 0 aliphatic heterocycles. The molecule has 1 fully saturated rings. The lowest BCUT2D eigenvalue weighted by atomic mass is 9.87. The summed E-state index contributed by atoms with van der Waals surface area (Å²) in [6.45, 7) is 4.87. The number of hydrogen-bond donors (Lipinski definition) is 2. The van der Waals surface area contributed by atoms with Gasteiger partial charge in [-0.05, 0) is 38.0 Å². The molecule has 2 amide bonds. The lowest BCUT2D eigenvalue weighted by Gasteiger charge is -2.26. The molecule has 4 heteroatoms. The molecule has 0 heterocycles. The van der Waals surface area contributed by atoms with E-state index in [0.717, 1.165) is 44.4 Å². The van der Waals surface area contributed by atoms with Crippen molar-refractivity contribution in [1.82, 2.24) is 10.6 Å². The Hall–Kier alpha value is -1.06. The van der Waals surface area contributed by atoms with E-state index in [1.807, 2.05) is 0 Å². The van der Waals surface area contributed by atoms with Crippen LogP contribution in [-0.4, -0.2) is 24.4 Å². The fourth-order valence-corrected chi connectivity index (χ4v) is 2.11. The Balaban J connectivity index is 2.21. The minimum absolute atomic E-state index is 0.190. The minimum Gasteiger partial charge on any atom is -0.348 e. The van der Waals surface area contributed by atoms with Crippen LogP contribution in [0.5, 0.6) is 0 Å². The smallest absolute Gasteiger partial charge is 0.309 e. The maximum atomic E-state index is 11.6. The molecule has 2 N–H and O–H groups in total. The van der Waals surface area contributed by atoms with E-state index in [-0.39, 0.29) is 6.04 Å². The third kappa shape index (κ3) is 5.20. The third-order valence-electron chi connectivity index (χ3n) is 3.37. The van der Waals surface area contributed by atoms with Gasteiger partial charge in [0.1, 0.15) is 0 Å². The molecule has 0 atom stereocenters. The molecule has 0 aromatic rings. The van der Waals surface area contributed by atoms with Gasteiger partial charge in [-0.15, -0.1) is 0 Å². The molecule has 1 aliphatic rings. The Kier molecular flexibility index (Phi) is 6.01. The number of nitrogens with one attached hydrogen (secondary N) is 2. The Labute approximate surface area is 104 Å². The first-order valence-electron chi connectivity index (χ1n) is 6.72. The van der Waals surface area contributed by atoms with Gasteiger partial charge in [0, 0.05) is 12.6 Å². The monoisotopic (exact) mass is 240 g/mol. The van der Waals surface area contributed by atoms with E-state index in [4.69, 9.17) is 0 Å². The number of hydrogen-bond acceptors (Lipinski definition) is 2. The molecule has 0 unspecified atom stereocenters. The molecule has 0 saturated heterocycles. The van der Waals surface area contributed by atoms with Crippen LogP contribution in [0.1, 0.15) is 52.4 Å². The zero-order valence-corrected chi connectivity index (χ0v) is 10.9. The van der Waals surface area contributed by atoms with Gasteiger partial charge in [0.05, 0.1) is 0 Å².